The fourth-order valence-electron chi connectivity index (χ4n) is 3.97. The highest BCUT2D eigenvalue weighted by atomic mass is 35.5. The molecule has 2 N–H and O–H groups in total. The average molecular weight is 512 g/mol. The number of halogens is 1. The van der Waals surface area contributed by atoms with Gasteiger partial charge in [-0.1, -0.05) is 35.9 Å². The summed E-state index contributed by atoms with van der Waals surface area (Å²) in [5, 5.41) is 9.54. The maximum atomic E-state index is 13.1. The quantitative estimate of drug-likeness (QED) is 0.289. The van der Waals surface area contributed by atoms with Crippen molar-refractivity contribution in [2.75, 3.05) is 33.2 Å². The largest absolute Gasteiger partial charge is 0.359 e. The van der Waals surface area contributed by atoms with Gasteiger partial charge in [0.25, 0.3) is 10.0 Å². The van der Waals surface area contributed by atoms with E-state index in [1.165, 1.54) is 10.4 Å². The Balaban J connectivity index is 1.39. The molecule has 182 valence electrons. The third-order valence-electron chi connectivity index (χ3n) is 6.03. The van der Waals surface area contributed by atoms with Crippen LogP contribution in [0.4, 0.5) is 0 Å². The molecule has 1 amide bonds. The molecular formula is C25H26ClN5O3S. The van der Waals surface area contributed by atoms with E-state index < -0.39 is 10.0 Å². The summed E-state index contributed by atoms with van der Waals surface area (Å²) in [7, 11) is -2.03. The molecule has 1 aliphatic heterocycles. The highest BCUT2D eigenvalue weighted by Gasteiger charge is 2.33. The molecule has 0 unspecified atom stereocenters. The molecule has 8 nitrogen and oxygen atoms in total. The molecule has 0 atom stereocenters. The van der Waals surface area contributed by atoms with E-state index in [4.69, 9.17) is 23.4 Å². The first kappa shape index (κ1) is 24.8. The van der Waals surface area contributed by atoms with Crippen LogP contribution < -0.4 is 0 Å². The van der Waals surface area contributed by atoms with Gasteiger partial charge in [0.2, 0.25) is 5.91 Å². The number of amidine groups is 1. The van der Waals surface area contributed by atoms with Gasteiger partial charge in [0.1, 0.15) is 10.9 Å². The van der Waals surface area contributed by atoms with Gasteiger partial charge in [0.05, 0.1) is 6.54 Å². The van der Waals surface area contributed by atoms with E-state index in [-0.39, 0.29) is 30.6 Å². The van der Waals surface area contributed by atoms with Crippen LogP contribution in [0.5, 0.6) is 0 Å². The van der Waals surface area contributed by atoms with Crippen molar-refractivity contribution in [2.24, 2.45) is 0 Å². The van der Waals surface area contributed by atoms with Gasteiger partial charge >= 0.3 is 0 Å². The highest BCUT2D eigenvalue weighted by Crippen LogP contribution is 2.25. The zero-order chi connectivity index (χ0) is 25.2. The Labute approximate surface area is 210 Å². The van der Waals surface area contributed by atoms with E-state index in [2.05, 4.69) is 10.9 Å². The first-order valence-electron chi connectivity index (χ1n) is 11.1. The van der Waals surface area contributed by atoms with E-state index in [1.54, 1.807) is 28.0 Å². The maximum absolute atomic E-state index is 13.1. The van der Waals surface area contributed by atoms with Gasteiger partial charge in [0, 0.05) is 61.1 Å². The molecule has 3 aromatic rings. The van der Waals surface area contributed by atoms with Crippen LogP contribution in [-0.4, -0.2) is 72.5 Å². The lowest BCUT2D eigenvalue weighted by Crippen LogP contribution is -2.51. The summed E-state index contributed by atoms with van der Waals surface area (Å²) >= 11 is 6.01. The van der Waals surface area contributed by atoms with Crippen molar-refractivity contribution in [3.63, 3.8) is 0 Å². The van der Waals surface area contributed by atoms with E-state index in [1.807, 2.05) is 31.3 Å². The number of aromatic nitrogens is 1. The van der Waals surface area contributed by atoms with Gasteiger partial charge in [0.15, 0.2) is 0 Å². The normalized spacial score (nSPS) is 14.8. The average Bonchev–Trinajstić information content (AvgIpc) is 3.28. The minimum absolute atomic E-state index is 0.0428. The second-order valence-corrected chi connectivity index (χ2v) is 10.8. The SMILES string of the molecule is C#CCCN(C)C(=N)c1ccc(CN2CCN(S(=O)(=O)c3cc4cc(Cl)ccc4[nH]3)CC2=O)cc1. The molecule has 1 aromatic heterocycles. The number of sulfonamides is 1. The number of fused-ring (bicyclic) bond motifs is 1. The van der Waals surface area contributed by atoms with Crippen LogP contribution in [0.3, 0.4) is 0 Å². The van der Waals surface area contributed by atoms with Crippen LogP contribution in [0.25, 0.3) is 10.9 Å². The molecule has 2 heterocycles. The van der Waals surface area contributed by atoms with Gasteiger partial charge in [-0.25, -0.2) is 8.42 Å². The molecule has 4 rings (SSSR count). The minimum atomic E-state index is -3.85. The number of piperazine rings is 1. The highest BCUT2D eigenvalue weighted by molar-refractivity contribution is 7.89. The fourth-order valence-corrected chi connectivity index (χ4v) is 5.54. The van der Waals surface area contributed by atoms with Crippen LogP contribution in [0, 0.1) is 17.8 Å². The van der Waals surface area contributed by atoms with Crippen LogP contribution in [0.2, 0.25) is 5.02 Å². The summed E-state index contributed by atoms with van der Waals surface area (Å²) in [4.78, 5) is 19.2. The van der Waals surface area contributed by atoms with Gasteiger partial charge < -0.3 is 14.8 Å². The monoisotopic (exact) mass is 511 g/mol. The maximum Gasteiger partial charge on any atom is 0.259 e. The summed E-state index contributed by atoms with van der Waals surface area (Å²) in [6, 6.07) is 14.1. The number of carbonyl (C=O) groups is 1. The Kier molecular flexibility index (Phi) is 7.17. The van der Waals surface area contributed by atoms with Crippen molar-refractivity contribution in [2.45, 2.75) is 18.0 Å². The number of hydrogen-bond donors (Lipinski definition) is 2. The number of terminal acetylenes is 1. The van der Waals surface area contributed by atoms with Crippen LogP contribution in [0.15, 0.2) is 53.6 Å². The second-order valence-electron chi connectivity index (χ2n) is 8.44. The number of benzene rings is 2. The summed E-state index contributed by atoms with van der Waals surface area (Å²) in [5.74, 6) is 2.69. The molecule has 0 radical (unpaired) electrons. The number of nitrogens with zero attached hydrogens (tertiary/aromatic N) is 3. The summed E-state index contributed by atoms with van der Waals surface area (Å²) in [5.41, 5.74) is 2.33. The molecule has 2 aromatic carbocycles. The Bertz CT molecular complexity index is 1410. The molecule has 0 spiro atoms. The molecule has 0 saturated carbocycles. The molecule has 0 aliphatic carbocycles. The van der Waals surface area contributed by atoms with E-state index in [0.29, 0.717) is 41.3 Å². The Hall–Kier alpha value is -3.32. The topological polar surface area (TPSA) is 101 Å². The van der Waals surface area contributed by atoms with Gasteiger partial charge in [-0.2, -0.15) is 4.31 Å². The predicted molar refractivity (Wildman–Crippen MR) is 137 cm³/mol. The van der Waals surface area contributed by atoms with Gasteiger partial charge in [-0.15, -0.1) is 12.3 Å². The minimum Gasteiger partial charge on any atom is -0.359 e. The molecule has 1 saturated heterocycles. The number of nitrogens with one attached hydrogen (secondary N) is 2. The number of hydrogen-bond acceptors (Lipinski definition) is 4. The lowest BCUT2D eigenvalue weighted by molar-refractivity contribution is -0.134. The Morgan fingerprint density at radius 1 is 1.20 bits per heavy atom. The lowest BCUT2D eigenvalue weighted by atomic mass is 10.1. The molecule has 10 heteroatoms. The zero-order valence-corrected chi connectivity index (χ0v) is 20.9. The summed E-state index contributed by atoms with van der Waals surface area (Å²) in [6.07, 6.45) is 5.86. The van der Waals surface area contributed by atoms with Crippen LogP contribution in [-0.2, 0) is 21.4 Å². The Morgan fingerprint density at radius 3 is 2.63 bits per heavy atom. The molecular weight excluding hydrogens is 486 g/mol. The van der Waals surface area contributed by atoms with Crippen LogP contribution in [0.1, 0.15) is 17.5 Å². The zero-order valence-electron chi connectivity index (χ0n) is 19.3. The third kappa shape index (κ3) is 5.35. The smallest absolute Gasteiger partial charge is 0.259 e. The molecule has 0 bridgehead atoms. The summed E-state index contributed by atoms with van der Waals surface area (Å²) < 4.78 is 27.5. The third-order valence-corrected chi connectivity index (χ3v) is 8.04. The number of aromatic amines is 1. The number of amides is 1. The van der Waals surface area contributed by atoms with Crippen molar-refractivity contribution in [1.82, 2.24) is 19.1 Å². The molecule has 1 fully saturated rings. The number of rotatable bonds is 7. The van der Waals surface area contributed by atoms with Crippen molar-refractivity contribution in [3.8, 4) is 12.3 Å². The Morgan fingerprint density at radius 2 is 1.94 bits per heavy atom. The van der Waals surface area contributed by atoms with E-state index in [0.717, 1.165) is 11.1 Å². The van der Waals surface area contributed by atoms with Gasteiger partial charge in [-0.3, -0.25) is 10.2 Å². The van der Waals surface area contributed by atoms with E-state index in [9.17, 15) is 13.2 Å². The van der Waals surface area contributed by atoms with Crippen LogP contribution >= 0.6 is 11.6 Å². The second kappa shape index (κ2) is 10.1. The lowest BCUT2D eigenvalue weighted by Gasteiger charge is -2.33. The van der Waals surface area contributed by atoms with Crippen molar-refractivity contribution >= 4 is 44.3 Å². The first-order valence-corrected chi connectivity index (χ1v) is 12.9. The standard InChI is InChI=1S/C25H26ClN5O3S/c1-3-4-11-29(2)25(27)19-7-5-18(6-8-19)16-30-12-13-31(17-24(30)32)35(33,34)23-15-20-14-21(26)9-10-22(20)28-23/h1,5-10,14-15,27-28H,4,11-13,16-17H2,2H3. The fraction of sp³-hybridized carbons (Fsp3) is 0.280. The van der Waals surface area contributed by atoms with E-state index >= 15 is 0 Å². The molecule has 1 aliphatic rings. The summed E-state index contributed by atoms with van der Waals surface area (Å²) in [6.45, 7) is 1.24. The first-order chi connectivity index (χ1) is 16.7. The van der Waals surface area contributed by atoms with Crippen molar-refractivity contribution in [1.29, 1.82) is 5.41 Å². The van der Waals surface area contributed by atoms with Crippen molar-refractivity contribution < 1.29 is 13.2 Å². The van der Waals surface area contributed by atoms with Gasteiger partial charge in [-0.05, 0) is 29.8 Å². The molecule has 35 heavy (non-hydrogen) atoms. The van der Waals surface area contributed by atoms with Crippen molar-refractivity contribution in [3.05, 3.63) is 64.7 Å². The predicted octanol–water partition coefficient (Wildman–Crippen LogP) is 3.13. The number of carbonyl (C=O) groups excluding carboxylic acids is 1. The number of H-pyrrole nitrogens is 1.